The summed E-state index contributed by atoms with van der Waals surface area (Å²) < 4.78 is 18.1. The maximum atomic E-state index is 12.9. The normalized spacial score (nSPS) is 19.5. The van der Waals surface area contributed by atoms with Gasteiger partial charge in [-0.15, -0.1) is 0 Å². The fourth-order valence-corrected chi connectivity index (χ4v) is 2.28. The van der Waals surface area contributed by atoms with Gasteiger partial charge in [0, 0.05) is 11.1 Å². The molecule has 0 radical (unpaired) electrons. The second-order valence-electron chi connectivity index (χ2n) is 5.60. The van der Waals surface area contributed by atoms with Gasteiger partial charge in [0.25, 0.3) is 0 Å². The van der Waals surface area contributed by atoms with Gasteiger partial charge in [-0.2, -0.15) is 0 Å². The molecule has 0 spiro atoms. The van der Waals surface area contributed by atoms with E-state index in [1.54, 1.807) is 24.3 Å². The Kier molecular flexibility index (Phi) is 3.75. The summed E-state index contributed by atoms with van der Waals surface area (Å²) >= 11 is 0. The molecule has 2 aromatic rings. The Morgan fingerprint density at radius 3 is 2.00 bits per heavy atom. The van der Waals surface area contributed by atoms with Crippen LogP contribution in [0.5, 0.6) is 5.75 Å². The number of carbonyl (C=O) groups is 2. The Balaban J connectivity index is 1.69. The van der Waals surface area contributed by atoms with Crippen LogP contribution in [-0.2, 0) is 4.79 Å². The molecule has 3 rings (SSSR count). The molecule has 1 aliphatic rings. The van der Waals surface area contributed by atoms with Crippen LogP contribution in [0.15, 0.2) is 48.5 Å². The molecule has 4 heteroatoms. The van der Waals surface area contributed by atoms with Gasteiger partial charge in [-0.25, -0.2) is 4.39 Å². The molecule has 0 aromatic heterocycles. The Hall–Kier alpha value is -2.49. The monoisotopic (exact) mass is 298 g/mol. The molecule has 3 nitrogen and oxygen atoms in total. The highest BCUT2D eigenvalue weighted by atomic mass is 19.1. The summed E-state index contributed by atoms with van der Waals surface area (Å²) in [5, 5.41) is 0. The first-order valence-electron chi connectivity index (χ1n) is 7.16. The lowest BCUT2D eigenvalue weighted by Crippen LogP contribution is -2.11. The molecule has 0 unspecified atom stereocenters. The zero-order chi connectivity index (χ0) is 15.7. The Bertz CT molecular complexity index is 704. The first kappa shape index (κ1) is 14.4. The molecule has 0 bridgehead atoms. The van der Waals surface area contributed by atoms with Crippen molar-refractivity contribution >= 4 is 11.8 Å². The van der Waals surface area contributed by atoms with Crippen LogP contribution in [0.4, 0.5) is 4.39 Å². The molecular formula is C18H15FO3. The molecule has 1 aliphatic carbocycles. The largest absolute Gasteiger partial charge is 0.426 e. The van der Waals surface area contributed by atoms with E-state index in [9.17, 15) is 14.0 Å². The minimum Gasteiger partial charge on any atom is -0.426 e. The molecule has 0 heterocycles. The average Bonchev–Trinajstić information content (AvgIpc) is 3.25. The molecule has 22 heavy (non-hydrogen) atoms. The Labute approximate surface area is 127 Å². The highest BCUT2D eigenvalue weighted by Gasteiger charge is 2.40. The number of hydrogen-bond donors (Lipinski definition) is 0. The molecule has 0 N–H and O–H groups in total. The second kappa shape index (κ2) is 5.72. The van der Waals surface area contributed by atoms with E-state index in [0.717, 1.165) is 6.42 Å². The zero-order valence-electron chi connectivity index (χ0n) is 12.1. The number of hydrogen-bond acceptors (Lipinski definition) is 3. The molecule has 0 aliphatic heterocycles. The van der Waals surface area contributed by atoms with E-state index < -0.39 is 0 Å². The molecule has 0 saturated heterocycles. The maximum absolute atomic E-state index is 12.9. The first-order chi connectivity index (χ1) is 10.5. The van der Waals surface area contributed by atoms with Gasteiger partial charge in [-0.05, 0) is 60.9 Å². The summed E-state index contributed by atoms with van der Waals surface area (Å²) in [4.78, 5) is 24.0. The lowest BCUT2D eigenvalue weighted by Gasteiger charge is -2.05. The lowest BCUT2D eigenvalue weighted by atomic mass is 10.0. The van der Waals surface area contributed by atoms with E-state index in [-0.39, 0.29) is 23.5 Å². The van der Waals surface area contributed by atoms with E-state index in [0.29, 0.717) is 22.8 Å². The number of halogens is 1. The summed E-state index contributed by atoms with van der Waals surface area (Å²) in [7, 11) is 0. The summed E-state index contributed by atoms with van der Waals surface area (Å²) in [6.07, 6.45) is 0.875. The smallest absolute Gasteiger partial charge is 0.314 e. The van der Waals surface area contributed by atoms with Crippen LogP contribution in [0.1, 0.15) is 29.3 Å². The highest BCUT2D eigenvalue weighted by Crippen LogP contribution is 2.38. The fraction of sp³-hybridized carbons (Fsp3) is 0.222. The third-order valence-electron chi connectivity index (χ3n) is 3.85. The van der Waals surface area contributed by atoms with Crippen LogP contribution in [0.3, 0.4) is 0 Å². The zero-order valence-corrected chi connectivity index (χ0v) is 12.1. The molecule has 2 atom stereocenters. The summed E-state index contributed by atoms with van der Waals surface area (Å²) in [5.74, 6) is 0.0269. The molecule has 112 valence electrons. The van der Waals surface area contributed by atoms with Crippen LogP contribution in [0.25, 0.3) is 0 Å². The first-order valence-corrected chi connectivity index (χ1v) is 7.16. The summed E-state index contributed by atoms with van der Waals surface area (Å²) in [5.41, 5.74) is 0.879. The quantitative estimate of drug-likeness (QED) is 0.492. The molecule has 0 amide bonds. The number of ether oxygens (including phenoxy) is 1. The minimum atomic E-state index is -0.381. The second-order valence-corrected chi connectivity index (χ2v) is 5.60. The Morgan fingerprint density at radius 2 is 1.50 bits per heavy atom. The van der Waals surface area contributed by atoms with Gasteiger partial charge in [0.15, 0.2) is 5.78 Å². The van der Waals surface area contributed by atoms with Crippen LogP contribution < -0.4 is 4.74 Å². The predicted octanol–water partition coefficient (Wildman–Crippen LogP) is 3.62. The van der Waals surface area contributed by atoms with E-state index in [2.05, 4.69) is 0 Å². The molecule has 2 aromatic carbocycles. The van der Waals surface area contributed by atoms with Gasteiger partial charge in [0.05, 0.1) is 5.92 Å². The number of carbonyl (C=O) groups excluding carboxylic acids is 2. The number of rotatable bonds is 4. The van der Waals surface area contributed by atoms with E-state index >= 15 is 0 Å². The van der Waals surface area contributed by atoms with Crippen LogP contribution in [0.2, 0.25) is 0 Å². The Morgan fingerprint density at radius 1 is 1.00 bits per heavy atom. The van der Waals surface area contributed by atoms with Crippen molar-refractivity contribution in [2.45, 2.75) is 13.3 Å². The topological polar surface area (TPSA) is 43.4 Å². The third-order valence-corrected chi connectivity index (χ3v) is 3.85. The standard InChI is InChI=1S/C18H15FO3/c1-11-10-16(11)18(21)22-15-8-4-13(5-9-15)17(20)12-2-6-14(19)7-3-12/h2-9,11,16H,10H2,1H3/t11-,16-/m0/s1. The maximum Gasteiger partial charge on any atom is 0.314 e. The van der Waals surface area contributed by atoms with Crippen molar-refractivity contribution in [3.05, 3.63) is 65.5 Å². The van der Waals surface area contributed by atoms with Crippen molar-refractivity contribution in [1.82, 2.24) is 0 Å². The van der Waals surface area contributed by atoms with Crippen molar-refractivity contribution < 1.29 is 18.7 Å². The van der Waals surface area contributed by atoms with Crippen molar-refractivity contribution in [2.24, 2.45) is 11.8 Å². The number of ketones is 1. The van der Waals surface area contributed by atoms with E-state index in [4.69, 9.17) is 4.74 Å². The average molecular weight is 298 g/mol. The van der Waals surface area contributed by atoms with Crippen molar-refractivity contribution in [1.29, 1.82) is 0 Å². The minimum absolute atomic E-state index is 0.000485. The molecular weight excluding hydrogens is 283 g/mol. The summed E-state index contributed by atoms with van der Waals surface area (Å²) in [6, 6.07) is 11.8. The van der Waals surface area contributed by atoms with Gasteiger partial charge < -0.3 is 4.74 Å². The van der Waals surface area contributed by atoms with Gasteiger partial charge in [0.1, 0.15) is 11.6 Å². The SMILES string of the molecule is C[C@H]1C[C@@H]1C(=O)Oc1ccc(C(=O)c2ccc(F)cc2)cc1. The van der Waals surface area contributed by atoms with Crippen LogP contribution >= 0.6 is 0 Å². The van der Waals surface area contributed by atoms with Gasteiger partial charge in [0.2, 0.25) is 0 Å². The fourth-order valence-electron chi connectivity index (χ4n) is 2.28. The van der Waals surface area contributed by atoms with Crippen LogP contribution in [-0.4, -0.2) is 11.8 Å². The molecule has 1 fully saturated rings. The van der Waals surface area contributed by atoms with Crippen molar-refractivity contribution in [2.75, 3.05) is 0 Å². The summed E-state index contributed by atoms with van der Waals surface area (Å²) in [6.45, 7) is 2.01. The molecule has 1 saturated carbocycles. The predicted molar refractivity (Wildman–Crippen MR) is 79.2 cm³/mol. The van der Waals surface area contributed by atoms with Crippen molar-refractivity contribution in [3.63, 3.8) is 0 Å². The highest BCUT2D eigenvalue weighted by molar-refractivity contribution is 6.09. The lowest BCUT2D eigenvalue weighted by molar-refractivity contribution is -0.136. The van der Waals surface area contributed by atoms with Gasteiger partial charge >= 0.3 is 5.97 Å². The van der Waals surface area contributed by atoms with E-state index in [1.165, 1.54) is 24.3 Å². The third kappa shape index (κ3) is 3.06. The van der Waals surface area contributed by atoms with Crippen LogP contribution in [0, 0.1) is 17.7 Å². The van der Waals surface area contributed by atoms with Gasteiger partial charge in [-0.1, -0.05) is 6.92 Å². The number of benzene rings is 2. The number of esters is 1. The van der Waals surface area contributed by atoms with Crippen molar-refractivity contribution in [3.8, 4) is 5.75 Å². The van der Waals surface area contributed by atoms with Gasteiger partial charge in [-0.3, -0.25) is 9.59 Å². The van der Waals surface area contributed by atoms with E-state index in [1.807, 2.05) is 6.92 Å².